The number of likely N-dealkylation sites (tertiary alicyclic amines) is 1. The van der Waals surface area contributed by atoms with E-state index >= 15 is 0 Å². The molecule has 1 unspecified atom stereocenters. The number of rotatable bonds is 5. The van der Waals surface area contributed by atoms with E-state index in [0.29, 0.717) is 5.52 Å². The number of hydrogen-bond donors (Lipinski definition) is 0. The second kappa shape index (κ2) is 8.13. The van der Waals surface area contributed by atoms with E-state index < -0.39 is 41.6 Å². The van der Waals surface area contributed by atoms with Crippen LogP contribution in [-0.4, -0.2) is 48.5 Å². The maximum atomic E-state index is 13.6. The highest BCUT2D eigenvalue weighted by molar-refractivity contribution is 7.20. The van der Waals surface area contributed by atoms with Crippen LogP contribution in [-0.2, 0) is 22.7 Å². The monoisotopic (exact) mass is 507 g/mol. The van der Waals surface area contributed by atoms with Gasteiger partial charge in [-0.1, -0.05) is 28.9 Å². The molecule has 1 aromatic carbocycles. The van der Waals surface area contributed by atoms with Crippen molar-refractivity contribution in [3.8, 4) is 0 Å². The largest absolute Gasteiger partial charge is 0.418 e. The fraction of sp³-hybridized carbons (Fsp3) is 0.238. The van der Waals surface area contributed by atoms with Crippen molar-refractivity contribution in [2.24, 2.45) is 5.92 Å². The molecule has 13 heteroatoms. The van der Waals surface area contributed by atoms with E-state index in [0.717, 1.165) is 15.7 Å². The predicted octanol–water partition coefficient (Wildman–Crippen LogP) is 3.64. The quantitative estimate of drug-likeness (QED) is 0.386. The number of fused-ring (bicyclic) bond motifs is 2. The lowest BCUT2D eigenvalue weighted by atomic mass is 9.91. The standard InChI is InChI=1S/C21H13ClF3N5O3S/c22-10-5-12-17(13(6-10)21(23,24)25)30(20(33)18(12)32)8-11-7-29(28-27-11)9-15(31)19-26-14-3-1-2-4-16(14)34-19/h1-4,6-7,12H,5,8-9H2. The first kappa shape index (κ1) is 22.4. The Morgan fingerprint density at radius 1 is 1.24 bits per heavy atom. The molecular formula is C21H13ClF3N5O3S. The minimum atomic E-state index is -4.81. The van der Waals surface area contributed by atoms with E-state index in [1.165, 1.54) is 22.2 Å². The molecule has 1 atom stereocenters. The number of benzene rings is 1. The van der Waals surface area contributed by atoms with E-state index in [1.54, 1.807) is 6.07 Å². The molecule has 0 bridgehead atoms. The van der Waals surface area contributed by atoms with Crippen LogP contribution in [0.25, 0.3) is 10.2 Å². The molecule has 1 aliphatic carbocycles. The highest BCUT2D eigenvalue weighted by atomic mass is 35.5. The first-order chi connectivity index (χ1) is 16.1. The fourth-order valence-corrected chi connectivity index (χ4v) is 5.11. The number of carbonyl (C=O) groups is 3. The van der Waals surface area contributed by atoms with Crippen LogP contribution in [0, 0.1) is 5.92 Å². The molecule has 0 radical (unpaired) electrons. The number of aromatic nitrogens is 4. The summed E-state index contributed by atoms with van der Waals surface area (Å²) in [4.78, 5) is 42.5. The summed E-state index contributed by atoms with van der Waals surface area (Å²) in [7, 11) is 0. The highest BCUT2D eigenvalue weighted by Gasteiger charge is 2.51. The number of allylic oxidation sites excluding steroid dienone is 4. The average molecular weight is 508 g/mol. The lowest BCUT2D eigenvalue weighted by Gasteiger charge is -2.25. The number of ketones is 2. The Bertz CT molecular complexity index is 1390. The summed E-state index contributed by atoms with van der Waals surface area (Å²) in [5.74, 6) is -3.64. The molecule has 1 fully saturated rings. The van der Waals surface area contributed by atoms with Gasteiger partial charge in [-0.25, -0.2) is 9.67 Å². The van der Waals surface area contributed by atoms with E-state index in [-0.39, 0.29) is 34.5 Å². The molecule has 5 rings (SSSR count). The van der Waals surface area contributed by atoms with Crippen molar-refractivity contribution in [2.45, 2.75) is 25.7 Å². The van der Waals surface area contributed by atoms with Crippen LogP contribution in [0.15, 0.2) is 52.8 Å². The van der Waals surface area contributed by atoms with Crippen molar-refractivity contribution in [1.82, 2.24) is 24.9 Å². The molecule has 1 aliphatic heterocycles. The molecule has 8 nitrogen and oxygen atoms in total. The minimum Gasteiger partial charge on any atom is -0.302 e. The van der Waals surface area contributed by atoms with Gasteiger partial charge in [0.1, 0.15) is 12.2 Å². The number of nitrogens with zero attached hydrogens (tertiary/aromatic N) is 5. The zero-order valence-corrected chi connectivity index (χ0v) is 18.6. The van der Waals surface area contributed by atoms with Gasteiger partial charge >= 0.3 is 6.18 Å². The SMILES string of the molecule is O=C(Cn1cc(CN2C(=O)C(=O)C3CC(Cl)=CC(C(F)(F)F)=C32)nn1)c1nc2ccccc2s1. The van der Waals surface area contributed by atoms with Crippen LogP contribution in [0.2, 0.25) is 0 Å². The van der Waals surface area contributed by atoms with E-state index in [9.17, 15) is 27.6 Å². The molecular weight excluding hydrogens is 495 g/mol. The maximum Gasteiger partial charge on any atom is 0.418 e. The smallest absolute Gasteiger partial charge is 0.302 e. The number of halogens is 4. The topological polar surface area (TPSA) is 98.1 Å². The van der Waals surface area contributed by atoms with Crippen molar-refractivity contribution >= 4 is 50.6 Å². The first-order valence-corrected chi connectivity index (χ1v) is 11.1. The van der Waals surface area contributed by atoms with Gasteiger partial charge in [0, 0.05) is 10.7 Å². The van der Waals surface area contributed by atoms with E-state index in [4.69, 9.17) is 11.6 Å². The molecule has 2 aliphatic rings. The van der Waals surface area contributed by atoms with Gasteiger partial charge in [-0.2, -0.15) is 13.2 Å². The lowest BCUT2D eigenvalue weighted by molar-refractivity contribution is -0.140. The van der Waals surface area contributed by atoms with Crippen LogP contribution in [0.5, 0.6) is 0 Å². The van der Waals surface area contributed by atoms with Gasteiger partial charge in [0.15, 0.2) is 5.01 Å². The van der Waals surface area contributed by atoms with Crippen molar-refractivity contribution in [3.05, 3.63) is 63.5 Å². The third-order valence-corrected chi connectivity index (χ3v) is 6.76. The van der Waals surface area contributed by atoms with Gasteiger partial charge in [0.05, 0.1) is 34.4 Å². The Labute approximate surface area is 198 Å². The number of Topliss-reactive ketones (excluding diaryl/α,β-unsaturated/α-hetero) is 2. The van der Waals surface area contributed by atoms with Crippen molar-refractivity contribution < 1.29 is 27.6 Å². The van der Waals surface area contributed by atoms with Crippen LogP contribution < -0.4 is 0 Å². The van der Waals surface area contributed by atoms with Crippen LogP contribution in [0.1, 0.15) is 21.9 Å². The second-order valence-corrected chi connectivity index (χ2v) is 9.23. The minimum absolute atomic E-state index is 0.119. The van der Waals surface area contributed by atoms with Gasteiger partial charge in [0.25, 0.3) is 5.91 Å². The molecule has 2 aromatic heterocycles. The summed E-state index contributed by atoms with van der Waals surface area (Å²) < 4.78 is 42.9. The van der Waals surface area contributed by atoms with Gasteiger partial charge in [0.2, 0.25) is 11.6 Å². The highest BCUT2D eigenvalue weighted by Crippen LogP contribution is 2.44. The van der Waals surface area contributed by atoms with Gasteiger partial charge < -0.3 is 4.90 Å². The van der Waals surface area contributed by atoms with Gasteiger partial charge in [-0.3, -0.25) is 14.4 Å². The molecule has 1 saturated heterocycles. The van der Waals surface area contributed by atoms with E-state index in [1.807, 2.05) is 18.2 Å². The first-order valence-electron chi connectivity index (χ1n) is 9.92. The normalized spacial score (nSPS) is 18.6. The Morgan fingerprint density at radius 3 is 2.74 bits per heavy atom. The molecule has 0 spiro atoms. The Balaban J connectivity index is 1.38. The number of para-hydroxylation sites is 1. The summed E-state index contributed by atoms with van der Waals surface area (Å²) in [5.41, 5.74) is -0.760. The molecule has 174 valence electrons. The number of amides is 1. The van der Waals surface area contributed by atoms with Gasteiger partial charge in [-0.05, 0) is 24.6 Å². The Kier molecular flexibility index (Phi) is 5.36. The fourth-order valence-electron chi connectivity index (χ4n) is 3.95. The lowest BCUT2D eigenvalue weighted by Crippen LogP contribution is -2.29. The Hall–Kier alpha value is -3.38. The second-order valence-electron chi connectivity index (χ2n) is 7.72. The van der Waals surface area contributed by atoms with Gasteiger partial charge in [-0.15, -0.1) is 16.4 Å². The summed E-state index contributed by atoms with van der Waals surface area (Å²) >= 11 is 7.05. The molecule has 34 heavy (non-hydrogen) atoms. The zero-order chi connectivity index (χ0) is 24.2. The van der Waals surface area contributed by atoms with Crippen molar-refractivity contribution in [2.75, 3.05) is 0 Å². The number of thiazole rings is 1. The van der Waals surface area contributed by atoms with Crippen molar-refractivity contribution in [1.29, 1.82) is 0 Å². The summed E-state index contributed by atoms with van der Waals surface area (Å²) in [6, 6.07) is 7.28. The number of hydrogen-bond acceptors (Lipinski definition) is 7. The molecule has 3 heterocycles. The molecule has 3 aromatic rings. The van der Waals surface area contributed by atoms with E-state index in [2.05, 4.69) is 15.3 Å². The Morgan fingerprint density at radius 2 is 2.00 bits per heavy atom. The van der Waals surface area contributed by atoms with Crippen LogP contribution in [0.3, 0.4) is 0 Å². The third-order valence-electron chi connectivity index (χ3n) is 5.42. The maximum absolute atomic E-state index is 13.6. The zero-order valence-electron chi connectivity index (χ0n) is 17.0. The summed E-state index contributed by atoms with van der Waals surface area (Å²) in [6.07, 6.45) is -2.91. The van der Waals surface area contributed by atoms with Crippen LogP contribution >= 0.6 is 22.9 Å². The molecule has 1 amide bonds. The average Bonchev–Trinajstić information content (AvgIpc) is 3.47. The summed E-state index contributed by atoms with van der Waals surface area (Å²) in [5, 5.41) is 7.83. The molecule has 0 saturated carbocycles. The number of carbonyl (C=O) groups excluding carboxylic acids is 3. The molecule has 0 N–H and O–H groups in total. The predicted molar refractivity (Wildman–Crippen MR) is 115 cm³/mol. The summed E-state index contributed by atoms with van der Waals surface area (Å²) in [6.45, 7) is -0.603. The number of alkyl halides is 3. The third kappa shape index (κ3) is 3.92. The van der Waals surface area contributed by atoms with Crippen molar-refractivity contribution in [3.63, 3.8) is 0 Å². The van der Waals surface area contributed by atoms with Crippen LogP contribution in [0.4, 0.5) is 13.2 Å².